The van der Waals surface area contributed by atoms with Crippen LogP contribution in [-0.4, -0.2) is 70.1 Å². The predicted molar refractivity (Wildman–Crippen MR) is 141 cm³/mol. The first-order valence-corrected chi connectivity index (χ1v) is 10.4. The van der Waals surface area contributed by atoms with Crippen LogP contribution in [0.15, 0.2) is 47.5 Å². The molecule has 1 amide bonds. The SMILES string of the molecule is CCNC(=NCCc1cccc(C(=O)N(C)C)c1)N(C)Cc1ccc(OC)cc1OC.I. The van der Waals surface area contributed by atoms with Crippen LogP contribution in [0.2, 0.25) is 0 Å². The Balaban J connectivity index is 0.00000512. The predicted octanol–water partition coefficient (Wildman–Crippen LogP) is 3.66. The van der Waals surface area contributed by atoms with E-state index in [1.54, 1.807) is 33.2 Å². The van der Waals surface area contributed by atoms with Crippen LogP contribution in [0.3, 0.4) is 0 Å². The van der Waals surface area contributed by atoms with Gasteiger partial charge in [-0.15, -0.1) is 24.0 Å². The van der Waals surface area contributed by atoms with E-state index in [2.05, 4.69) is 10.2 Å². The van der Waals surface area contributed by atoms with Gasteiger partial charge < -0.3 is 24.6 Å². The van der Waals surface area contributed by atoms with Crippen molar-refractivity contribution in [2.75, 3.05) is 48.5 Å². The van der Waals surface area contributed by atoms with Gasteiger partial charge in [-0.25, -0.2) is 0 Å². The van der Waals surface area contributed by atoms with Crippen molar-refractivity contribution in [1.82, 2.24) is 15.1 Å². The summed E-state index contributed by atoms with van der Waals surface area (Å²) in [4.78, 5) is 20.6. The molecule has 0 atom stereocenters. The van der Waals surface area contributed by atoms with Crippen LogP contribution in [0, 0.1) is 0 Å². The second-order valence-electron chi connectivity index (χ2n) is 7.42. The van der Waals surface area contributed by atoms with E-state index >= 15 is 0 Å². The van der Waals surface area contributed by atoms with Crippen molar-refractivity contribution >= 4 is 35.8 Å². The van der Waals surface area contributed by atoms with Crippen LogP contribution in [0.4, 0.5) is 0 Å². The second-order valence-corrected chi connectivity index (χ2v) is 7.42. The van der Waals surface area contributed by atoms with Crippen LogP contribution in [0.25, 0.3) is 0 Å². The van der Waals surface area contributed by atoms with E-state index in [1.165, 1.54) is 0 Å². The zero-order valence-corrected chi connectivity index (χ0v) is 22.2. The van der Waals surface area contributed by atoms with Crippen LogP contribution in [0.1, 0.15) is 28.4 Å². The molecule has 1 N–H and O–H groups in total. The van der Waals surface area contributed by atoms with Crippen molar-refractivity contribution < 1.29 is 14.3 Å². The number of guanidine groups is 1. The molecule has 0 aromatic heterocycles. The zero-order chi connectivity index (χ0) is 22.8. The summed E-state index contributed by atoms with van der Waals surface area (Å²) in [6, 6.07) is 13.5. The number of ether oxygens (including phenoxy) is 2. The maximum Gasteiger partial charge on any atom is 0.253 e. The Morgan fingerprint density at radius 3 is 2.44 bits per heavy atom. The van der Waals surface area contributed by atoms with E-state index in [9.17, 15) is 4.79 Å². The molecule has 0 aliphatic carbocycles. The third-order valence-electron chi connectivity index (χ3n) is 4.84. The molecule has 0 heterocycles. The molecule has 32 heavy (non-hydrogen) atoms. The van der Waals surface area contributed by atoms with Gasteiger partial charge in [-0.2, -0.15) is 0 Å². The number of hydrogen-bond donors (Lipinski definition) is 1. The number of hydrogen-bond acceptors (Lipinski definition) is 4. The number of halogens is 1. The number of carbonyl (C=O) groups excluding carboxylic acids is 1. The van der Waals surface area contributed by atoms with Crippen LogP contribution in [-0.2, 0) is 13.0 Å². The maximum atomic E-state index is 12.2. The van der Waals surface area contributed by atoms with Crippen molar-refractivity contribution in [2.45, 2.75) is 19.9 Å². The fraction of sp³-hybridized carbons (Fsp3) is 0.417. The van der Waals surface area contributed by atoms with E-state index in [0.717, 1.165) is 41.6 Å². The molecule has 2 rings (SSSR count). The first kappa shape index (κ1) is 27.5. The number of carbonyl (C=O) groups is 1. The molecule has 0 bridgehead atoms. The Hall–Kier alpha value is -2.49. The highest BCUT2D eigenvalue weighted by atomic mass is 127. The molecule has 2 aromatic carbocycles. The van der Waals surface area contributed by atoms with Gasteiger partial charge in [0.05, 0.1) is 14.2 Å². The van der Waals surface area contributed by atoms with Gasteiger partial charge in [-0.05, 0) is 43.2 Å². The Morgan fingerprint density at radius 2 is 1.81 bits per heavy atom. The summed E-state index contributed by atoms with van der Waals surface area (Å²) in [5.74, 6) is 2.37. The summed E-state index contributed by atoms with van der Waals surface area (Å²) in [7, 11) is 8.82. The van der Waals surface area contributed by atoms with Crippen molar-refractivity contribution in [3.05, 3.63) is 59.2 Å². The van der Waals surface area contributed by atoms with E-state index in [1.807, 2.05) is 56.4 Å². The fourth-order valence-corrected chi connectivity index (χ4v) is 3.19. The molecule has 0 saturated heterocycles. The monoisotopic (exact) mass is 554 g/mol. The number of aliphatic imine (C=N–C) groups is 1. The number of nitrogens with zero attached hydrogens (tertiary/aromatic N) is 3. The highest BCUT2D eigenvalue weighted by Crippen LogP contribution is 2.25. The summed E-state index contributed by atoms with van der Waals surface area (Å²) in [6.07, 6.45) is 0.753. The van der Waals surface area contributed by atoms with Crippen LogP contribution >= 0.6 is 24.0 Å². The Bertz CT molecular complexity index is 903. The molecule has 0 aliphatic rings. The van der Waals surface area contributed by atoms with E-state index in [0.29, 0.717) is 18.7 Å². The first-order valence-electron chi connectivity index (χ1n) is 10.4. The fourth-order valence-electron chi connectivity index (χ4n) is 3.19. The van der Waals surface area contributed by atoms with E-state index < -0.39 is 0 Å². The summed E-state index contributed by atoms with van der Waals surface area (Å²) in [5, 5.41) is 3.34. The van der Waals surface area contributed by atoms with Crippen molar-refractivity contribution in [3.63, 3.8) is 0 Å². The van der Waals surface area contributed by atoms with Crippen molar-refractivity contribution in [2.24, 2.45) is 4.99 Å². The average molecular weight is 554 g/mol. The molecule has 2 aromatic rings. The standard InChI is InChI=1S/C24H34N4O3.HI/c1-7-25-24(28(4)17-20-11-12-21(30-5)16-22(20)31-6)26-14-13-18-9-8-10-19(15-18)23(29)27(2)3;/h8-12,15-16H,7,13-14,17H2,1-6H3,(H,25,26);1H. The number of rotatable bonds is 9. The molecular weight excluding hydrogens is 519 g/mol. The van der Waals surface area contributed by atoms with Crippen LogP contribution in [0.5, 0.6) is 11.5 Å². The van der Waals surface area contributed by atoms with E-state index in [4.69, 9.17) is 14.5 Å². The lowest BCUT2D eigenvalue weighted by Gasteiger charge is -2.23. The zero-order valence-electron chi connectivity index (χ0n) is 19.8. The van der Waals surface area contributed by atoms with Gasteiger partial charge in [0.25, 0.3) is 5.91 Å². The highest BCUT2D eigenvalue weighted by molar-refractivity contribution is 14.0. The molecule has 176 valence electrons. The molecule has 0 fully saturated rings. The number of amides is 1. The molecule has 0 spiro atoms. The summed E-state index contributed by atoms with van der Waals surface area (Å²) in [6.45, 7) is 4.08. The summed E-state index contributed by atoms with van der Waals surface area (Å²) < 4.78 is 10.8. The lowest BCUT2D eigenvalue weighted by Crippen LogP contribution is -2.38. The Kier molecular flexibility index (Phi) is 11.9. The third kappa shape index (κ3) is 7.89. The minimum Gasteiger partial charge on any atom is -0.497 e. The molecular formula is C24H35IN4O3. The second kappa shape index (κ2) is 13.8. The van der Waals surface area contributed by atoms with Crippen molar-refractivity contribution in [1.29, 1.82) is 0 Å². The minimum atomic E-state index is 0. The maximum absolute atomic E-state index is 12.2. The van der Waals surface area contributed by atoms with Gasteiger partial charge >= 0.3 is 0 Å². The van der Waals surface area contributed by atoms with Gasteiger partial charge in [0, 0.05) is 58.0 Å². The smallest absolute Gasteiger partial charge is 0.253 e. The lowest BCUT2D eigenvalue weighted by atomic mass is 10.1. The van der Waals surface area contributed by atoms with Crippen molar-refractivity contribution in [3.8, 4) is 11.5 Å². The van der Waals surface area contributed by atoms with Gasteiger partial charge in [0.1, 0.15) is 11.5 Å². The molecule has 0 saturated carbocycles. The molecule has 0 aliphatic heterocycles. The van der Waals surface area contributed by atoms with Gasteiger partial charge in [-0.1, -0.05) is 12.1 Å². The lowest BCUT2D eigenvalue weighted by molar-refractivity contribution is 0.0827. The van der Waals surface area contributed by atoms with E-state index in [-0.39, 0.29) is 29.9 Å². The average Bonchev–Trinajstić information content (AvgIpc) is 2.78. The van der Waals surface area contributed by atoms with Gasteiger partial charge in [0.2, 0.25) is 0 Å². The topological polar surface area (TPSA) is 66.4 Å². The summed E-state index contributed by atoms with van der Waals surface area (Å²) in [5.41, 5.74) is 2.83. The highest BCUT2D eigenvalue weighted by Gasteiger charge is 2.12. The summed E-state index contributed by atoms with van der Waals surface area (Å²) >= 11 is 0. The van der Waals surface area contributed by atoms with Gasteiger partial charge in [-0.3, -0.25) is 9.79 Å². The quantitative estimate of drug-likeness (QED) is 0.291. The van der Waals surface area contributed by atoms with Crippen LogP contribution < -0.4 is 14.8 Å². The largest absolute Gasteiger partial charge is 0.497 e. The molecule has 0 radical (unpaired) electrons. The number of nitrogens with one attached hydrogen (secondary N) is 1. The molecule has 7 nitrogen and oxygen atoms in total. The number of methoxy groups -OCH3 is 2. The molecule has 0 unspecified atom stereocenters. The number of benzene rings is 2. The Labute approximate surface area is 208 Å². The Morgan fingerprint density at radius 1 is 1.06 bits per heavy atom. The normalized spacial score (nSPS) is 10.8. The third-order valence-corrected chi connectivity index (χ3v) is 4.84. The van der Waals surface area contributed by atoms with Gasteiger partial charge in [0.15, 0.2) is 5.96 Å². The molecule has 8 heteroatoms. The first-order chi connectivity index (χ1) is 14.9. The minimum absolute atomic E-state index is 0.